The molecule has 4 rings (SSSR count). The molecule has 0 fully saturated rings. The highest BCUT2D eigenvalue weighted by Gasteiger charge is 2.37. The monoisotopic (exact) mass is 397 g/mol. The van der Waals surface area contributed by atoms with E-state index in [1.807, 2.05) is 18.2 Å². The van der Waals surface area contributed by atoms with Gasteiger partial charge in [0.15, 0.2) is 0 Å². The van der Waals surface area contributed by atoms with E-state index in [0.29, 0.717) is 5.57 Å². The van der Waals surface area contributed by atoms with Crippen LogP contribution in [0.1, 0.15) is 35.1 Å². The largest absolute Gasteiger partial charge is 0.440 e. The van der Waals surface area contributed by atoms with Crippen LogP contribution in [-0.4, -0.2) is 24.5 Å². The fraction of sp³-hybridized carbons (Fsp3) is 0.269. The van der Waals surface area contributed by atoms with Crippen LogP contribution < -0.4 is 5.73 Å². The third-order valence-electron chi connectivity index (χ3n) is 6.07. The second-order valence-electron chi connectivity index (χ2n) is 7.97. The summed E-state index contributed by atoms with van der Waals surface area (Å²) in [5.74, 6) is 0.854. The van der Waals surface area contributed by atoms with Crippen molar-refractivity contribution in [3.05, 3.63) is 99.1 Å². The lowest BCUT2D eigenvalue weighted by Crippen LogP contribution is -2.38. The molecule has 30 heavy (non-hydrogen) atoms. The normalized spacial score (nSPS) is 20.7. The van der Waals surface area contributed by atoms with Gasteiger partial charge in [0, 0.05) is 18.7 Å². The summed E-state index contributed by atoms with van der Waals surface area (Å²) in [4.78, 5) is 2.38. The molecule has 2 aliphatic rings. The minimum absolute atomic E-state index is 0.186. The van der Waals surface area contributed by atoms with Crippen LogP contribution in [0.15, 0.2) is 76.9 Å². The van der Waals surface area contributed by atoms with Crippen LogP contribution >= 0.6 is 0 Å². The molecule has 2 heterocycles. The van der Waals surface area contributed by atoms with Gasteiger partial charge in [-0.3, -0.25) is 4.90 Å². The molecule has 152 valence electrons. The van der Waals surface area contributed by atoms with Crippen molar-refractivity contribution in [3.63, 3.8) is 0 Å². The standard InChI is InChI=1S/C26H27N3O/c1-4-29-15-20(13-19-11-7-5-9-17(19)2)25-23(16-29)24(22(14-27)26(28)30-25)21-12-8-6-10-18(21)3/h5-13,24H,4,15-16,28H2,1-3H3/b20-13+/t24-/m1/s1. The number of benzene rings is 2. The quantitative estimate of drug-likeness (QED) is 0.809. The van der Waals surface area contributed by atoms with Gasteiger partial charge in [0.2, 0.25) is 5.88 Å². The average Bonchev–Trinajstić information content (AvgIpc) is 2.75. The fourth-order valence-corrected chi connectivity index (χ4v) is 4.37. The Morgan fingerprint density at radius 1 is 1.10 bits per heavy atom. The lowest BCUT2D eigenvalue weighted by Gasteiger charge is -2.38. The fourth-order valence-electron chi connectivity index (χ4n) is 4.37. The zero-order valence-electron chi connectivity index (χ0n) is 17.8. The maximum atomic E-state index is 9.92. The summed E-state index contributed by atoms with van der Waals surface area (Å²) in [6.45, 7) is 8.83. The number of aryl methyl sites for hydroxylation is 2. The number of nitriles is 1. The smallest absolute Gasteiger partial charge is 0.205 e. The molecule has 0 saturated heterocycles. The molecule has 0 spiro atoms. The van der Waals surface area contributed by atoms with Crippen LogP contribution in [0.4, 0.5) is 0 Å². The first-order valence-electron chi connectivity index (χ1n) is 10.4. The van der Waals surface area contributed by atoms with Crippen molar-refractivity contribution in [1.29, 1.82) is 5.26 Å². The van der Waals surface area contributed by atoms with Gasteiger partial charge in [-0.2, -0.15) is 5.26 Å². The van der Waals surface area contributed by atoms with Gasteiger partial charge >= 0.3 is 0 Å². The highest BCUT2D eigenvalue weighted by molar-refractivity contribution is 5.65. The summed E-state index contributed by atoms with van der Waals surface area (Å²) < 4.78 is 6.12. The van der Waals surface area contributed by atoms with Crippen molar-refractivity contribution < 1.29 is 4.74 Å². The Balaban J connectivity index is 1.92. The lowest BCUT2D eigenvalue weighted by molar-refractivity contribution is 0.239. The van der Waals surface area contributed by atoms with Gasteiger partial charge in [0.1, 0.15) is 17.4 Å². The molecule has 0 aromatic heterocycles. The topological polar surface area (TPSA) is 62.3 Å². The first-order chi connectivity index (χ1) is 14.5. The van der Waals surface area contributed by atoms with E-state index in [1.165, 1.54) is 11.1 Å². The number of hydrogen-bond donors (Lipinski definition) is 1. The van der Waals surface area contributed by atoms with Gasteiger partial charge < -0.3 is 10.5 Å². The molecule has 2 N–H and O–H groups in total. The summed E-state index contributed by atoms with van der Waals surface area (Å²) in [6.07, 6.45) is 2.20. The van der Waals surface area contributed by atoms with E-state index >= 15 is 0 Å². The molecule has 4 nitrogen and oxygen atoms in total. The third kappa shape index (κ3) is 3.53. The van der Waals surface area contributed by atoms with Gasteiger partial charge in [-0.15, -0.1) is 0 Å². The molecule has 0 saturated carbocycles. The highest BCUT2D eigenvalue weighted by atomic mass is 16.5. The minimum atomic E-state index is -0.186. The second-order valence-corrected chi connectivity index (χ2v) is 7.97. The van der Waals surface area contributed by atoms with E-state index in [-0.39, 0.29) is 11.8 Å². The zero-order chi connectivity index (χ0) is 21.3. The van der Waals surface area contributed by atoms with E-state index in [1.54, 1.807) is 0 Å². The van der Waals surface area contributed by atoms with Crippen LogP contribution in [-0.2, 0) is 4.74 Å². The number of nitrogens with two attached hydrogens (primary N) is 1. The van der Waals surface area contributed by atoms with Crippen LogP contribution in [0.3, 0.4) is 0 Å². The van der Waals surface area contributed by atoms with Gasteiger partial charge in [-0.1, -0.05) is 55.5 Å². The van der Waals surface area contributed by atoms with Crippen LogP contribution in [0, 0.1) is 25.2 Å². The number of allylic oxidation sites excluding steroid dienone is 1. The lowest BCUT2D eigenvalue weighted by atomic mass is 9.78. The van der Waals surface area contributed by atoms with Crippen molar-refractivity contribution in [2.24, 2.45) is 5.73 Å². The van der Waals surface area contributed by atoms with Crippen molar-refractivity contribution >= 4 is 6.08 Å². The first kappa shape index (κ1) is 20.0. The van der Waals surface area contributed by atoms with E-state index in [9.17, 15) is 5.26 Å². The Bertz CT molecular complexity index is 1120. The second kappa shape index (κ2) is 8.22. The predicted molar refractivity (Wildman–Crippen MR) is 120 cm³/mol. The third-order valence-corrected chi connectivity index (χ3v) is 6.07. The Labute approximate surface area is 178 Å². The number of nitrogens with zero attached hydrogens (tertiary/aromatic N) is 2. The van der Waals surface area contributed by atoms with Crippen molar-refractivity contribution in [2.75, 3.05) is 19.6 Å². The zero-order valence-corrected chi connectivity index (χ0v) is 17.8. The van der Waals surface area contributed by atoms with Crippen molar-refractivity contribution in [3.8, 4) is 6.07 Å². The summed E-state index contributed by atoms with van der Waals surface area (Å²) in [5, 5.41) is 9.92. The number of rotatable bonds is 3. The molecule has 0 radical (unpaired) electrons. The Morgan fingerprint density at radius 2 is 1.80 bits per heavy atom. The SMILES string of the molecule is CCN1CC2=C(OC(N)=C(C#N)[C@H]2c2ccccc2C)/C(=C/c2ccccc2C)C1. The molecule has 2 aromatic carbocycles. The highest BCUT2D eigenvalue weighted by Crippen LogP contribution is 2.44. The first-order valence-corrected chi connectivity index (χ1v) is 10.4. The van der Waals surface area contributed by atoms with E-state index < -0.39 is 0 Å². The van der Waals surface area contributed by atoms with Gasteiger partial charge in [0.25, 0.3) is 0 Å². The Kier molecular flexibility index (Phi) is 5.48. The van der Waals surface area contributed by atoms with Gasteiger partial charge in [-0.05, 0) is 54.3 Å². The van der Waals surface area contributed by atoms with Gasteiger partial charge in [0.05, 0.1) is 5.92 Å². The average molecular weight is 398 g/mol. The van der Waals surface area contributed by atoms with Crippen molar-refractivity contribution in [2.45, 2.75) is 26.7 Å². The number of likely N-dealkylation sites (N-methyl/N-ethyl adjacent to an activating group) is 1. The molecule has 0 bridgehead atoms. The van der Waals surface area contributed by atoms with Gasteiger partial charge in [-0.25, -0.2) is 0 Å². The molecular formula is C26H27N3O. The molecule has 0 amide bonds. The Hall–Kier alpha value is -3.29. The molecule has 4 heteroatoms. The van der Waals surface area contributed by atoms with E-state index in [4.69, 9.17) is 10.5 Å². The molecule has 0 aliphatic carbocycles. The van der Waals surface area contributed by atoms with Crippen LogP contribution in [0.5, 0.6) is 0 Å². The molecule has 2 aromatic rings. The van der Waals surface area contributed by atoms with Crippen LogP contribution in [0.25, 0.3) is 6.08 Å². The minimum Gasteiger partial charge on any atom is -0.440 e. The molecular weight excluding hydrogens is 370 g/mol. The van der Waals surface area contributed by atoms with E-state index in [0.717, 1.165) is 47.7 Å². The predicted octanol–water partition coefficient (Wildman–Crippen LogP) is 4.78. The molecule has 1 atom stereocenters. The summed E-state index contributed by atoms with van der Waals surface area (Å²) >= 11 is 0. The van der Waals surface area contributed by atoms with Crippen molar-refractivity contribution in [1.82, 2.24) is 4.90 Å². The summed E-state index contributed by atoms with van der Waals surface area (Å²) in [6, 6.07) is 18.9. The maximum Gasteiger partial charge on any atom is 0.205 e. The molecule has 2 aliphatic heterocycles. The maximum absolute atomic E-state index is 9.92. The van der Waals surface area contributed by atoms with Crippen LogP contribution in [0.2, 0.25) is 0 Å². The number of hydrogen-bond acceptors (Lipinski definition) is 4. The summed E-state index contributed by atoms with van der Waals surface area (Å²) in [5.41, 5.74) is 13.6. The molecule has 0 unspecified atom stereocenters. The summed E-state index contributed by atoms with van der Waals surface area (Å²) in [7, 11) is 0. The number of ether oxygens (including phenoxy) is 1. The van der Waals surface area contributed by atoms with E-state index in [2.05, 4.69) is 68.1 Å². The Morgan fingerprint density at radius 3 is 2.47 bits per heavy atom.